The number of hydrogen-bond acceptors (Lipinski definition) is 3. The van der Waals surface area contributed by atoms with Crippen LogP contribution >= 0.6 is 0 Å². The molecule has 0 spiro atoms. The first-order valence-electron chi connectivity index (χ1n) is 6.82. The van der Waals surface area contributed by atoms with Crippen molar-refractivity contribution in [3.63, 3.8) is 0 Å². The van der Waals surface area contributed by atoms with Crippen LogP contribution in [0.15, 0.2) is 42.6 Å². The Labute approximate surface area is 118 Å². The van der Waals surface area contributed by atoms with E-state index < -0.39 is 0 Å². The molecule has 1 aliphatic rings. The summed E-state index contributed by atoms with van der Waals surface area (Å²) in [6, 6.07) is 11.9. The predicted octanol–water partition coefficient (Wildman–Crippen LogP) is 1.90. The Morgan fingerprint density at radius 2 is 1.70 bits per heavy atom. The van der Waals surface area contributed by atoms with Crippen LogP contribution < -0.4 is 5.73 Å². The van der Waals surface area contributed by atoms with Gasteiger partial charge in [-0.2, -0.15) is 0 Å². The molecule has 4 heteroatoms. The van der Waals surface area contributed by atoms with Crippen LogP contribution in [-0.2, 0) is 12.8 Å². The minimum atomic E-state index is -0.0246. The Morgan fingerprint density at radius 1 is 1.05 bits per heavy atom. The molecule has 0 bridgehead atoms. The van der Waals surface area contributed by atoms with E-state index in [0.717, 1.165) is 25.9 Å². The molecule has 0 fully saturated rings. The summed E-state index contributed by atoms with van der Waals surface area (Å²) in [4.78, 5) is 18.4. The highest BCUT2D eigenvalue weighted by Gasteiger charge is 2.21. The topological polar surface area (TPSA) is 59.2 Å². The second-order valence-electron chi connectivity index (χ2n) is 5.00. The summed E-state index contributed by atoms with van der Waals surface area (Å²) >= 11 is 0. The zero-order valence-corrected chi connectivity index (χ0v) is 11.2. The molecule has 102 valence electrons. The molecule has 2 aromatic rings. The molecule has 3 rings (SSSR count). The van der Waals surface area contributed by atoms with Gasteiger partial charge in [0, 0.05) is 19.3 Å². The third-order valence-corrected chi connectivity index (χ3v) is 3.78. The van der Waals surface area contributed by atoms with Crippen LogP contribution in [0.2, 0.25) is 0 Å². The van der Waals surface area contributed by atoms with Gasteiger partial charge in [-0.3, -0.25) is 4.79 Å². The van der Waals surface area contributed by atoms with E-state index >= 15 is 0 Å². The number of amides is 1. The summed E-state index contributed by atoms with van der Waals surface area (Å²) in [5, 5.41) is 0. The van der Waals surface area contributed by atoms with Crippen LogP contribution in [-0.4, -0.2) is 28.9 Å². The maximum Gasteiger partial charge on any atom is 0.257 e. The maximum atomic E-state index is 12.5. The van der Waals surface area contributed by atoms with Gasteiger partial charge in [0.1, 0.15) is 5.82 Å². The number of carbonyl (C=O) groups is 1. The lowest BCUT2D eigenvalue weighted by Gasteiger charge is -2.20. The van der Waals surface area contributed by atoms with Crippen molar-refractivity contribution in [2.75, 3.05) is 18.8 Å². The molecular formula is C16H17N3O. The van der Waals surface area contributed by atoms with Crippen LogP contribution in [0.25, 0.3) is 0 Å². The summed E-state index contributed by atoms with van der Waals surface area (Å²) < 4.78 is 0. The summed E-state index contributed by atoms with van der Waals surface area (Å²) in [6.07, 6.45) is 3.38. The predicted molar refractivity (Wildman–Crippen MR) is 78.4 cm³/mol. The normalized spacial score (nSPS) is 14.5. The van der Waals surface area contributed by atoms with Crippen LogP contribution in [0.5, 0.6) is 0 Å². The Balaban J connectivity index is 1.80. The second-order valence-corrected chi connectivity index (χ2v) is 5.00. The summed E-state index contributed by atoms with van der Waals surface area (Å²) in [6.45, 7) is 1.45. The van der Waals surface area contributed by atoms with E-state index in [9.17, 15) is 4.79 Å². The SMILES string of the molecule is Nc1ncccc1C(=O)N1CCc2ccccc2CC1. The Bertz CT molecular complexity index is 612. The average Bonchev–Trinajstić information content (AvgIpc) is 2.70. The molecule has 4 nitrogen and oxygen atoms in total. The minimum Gasteiger partial charge on any atom is -0.383 e. The Morgan fingerprint density at radius 3 is 2.30 bits per heavy atom. The Kier molecular flexibility index (Phi) is 3.37. The molecule has 0 saturated carbocycles. The van der Waals surface area contributed by atoms with Gasteiger partial charge in [-0.1, -0.05) is 24.3 Å². The van der Waals surface area contributed by atoms with E-state index in [4.69, 9.17) is 5.73 Å². The largest absolute Gasteiger partial charge is 0.383 e. The van der Waals surface area contributed by atoms with Gasteiger partial charge in [0.2, 0.25) is 0 Å². The first-order valence-corrected chi connectivity index (χ1v) is 6.82. The third-order valence-electron chi connectivity index (χ3n) is 3.78. The fourth-order valence-corrected chi connectivity index (χ4v) is 2.64. The summed E-state index contributed by atoms with van der Waals surface area (Å²) in [5.74, 6) is 0.280. The number of nitrogen functional groups attached to an aromatic ring is 1. The van der Waals surface area contributed by atoms with Crippen molar-refractivity contribution in [1.29, 1.82) is 0 Å². The van der Waals surface area contributed by atoms with Gasteiger partial charge >= 0.3 is 0 Å². The number of anilines is 1. The van der Waals surface area contributed by atoms with Crippen LogP contribution in [0.3, 0.4) is 0 Å². The van der Waals surface area contributed by atoms with Gasteiger partial charge in [0.25, 0.3) is 5.91 Å². The molecule has 0 unspecified atom stereocenters. The van der Waals surface area contributed by atoms with E-state index in [1.807, 2.05) is 4.90 Å². The first-order chi connectivity index (χ1) is 9.75. The minimum absolute atomic E-state index is 0.0246. The smallest absolute Gasteiger partial charge is 0.257 e. The van der Waals surface area contributed by atoms with Gasteiger partial charge in [-0.25, -0.2) is 4.98 Å². The number of benzene rings is 1. The van der Waals surface area contributed by atoms with Crippen molar-refractivity contribution in [2.24, 2.45) is 0 Å². The van der Waals surface area contributed by atoms with Crippen molar-refractivity contribution in [2.45, 2.75) is 12.8 Å². The zero-order chi connectivity index (χ0) is 13.9. The quantitative estimate of drug-likeness (QED) is 0.858. The molecule has 0 saturated heterocycles. The number of hydrogen-bond donors (Lipinski definition) is 1. The third kappa shape index (κ3) is 2.37. The first kappa shape index (κ1) is 12.7. The number of nitrogens with zero attached hydrogens (tertiary/aromatic N) is 2. The van der Waals surface area contributed by atoms with Crippen molar-refractivity contribution < 1.29 is 4.79 Å². The number of pyridine rings is 1. The lowest BCUT2D eigenvalue weighted by molar-refractivity contribution is 0.0764. The second kappa shape index (κ2) is 5.33. The van der Waals surface area contributed by atoms with E-state index in [2.05, 4.69) is 29.2 Å². The number of nitrogens with two attached hydrogens (primary N) is 1. The molecule has 2 N–H and O–H groups in total. The molecule has 1 aromatic heterocycles. The number of fused-ring (bicyclic) bond motifs is 1. The van der Waals surface area contributed by atoms with Gasteiger partial charge in [-0.05, 0) is 36.1 Å². The van der Waals surface area contributed by atoms with E-state index in [1.54, 1.807) is 18.3 Å². The maximum absolute atomic E-state index is 12.5. The van der Waals surface area contributed by atoms with E-state index in [-0.39, 0.29) is 5.91 Å². The number of rotatable bonds is 1. The van der Waals surface area contributed by atoms with Crippen LogP contribution in [0, 0.1) is 0 Å². The highest BCUT2D eigenvalue weighted by atomic mass is 16.2. The van der Waals surface area contributed by atoms with E-state index in [1.165, 1.54) is 11.1 Å². The standard InChI is InChI=1S/C16H17N3O/c17-15-14(6-3-9-18-15)16(20)19-10-7-12-4-1-2-5-13(12)8-11-19/h1-6,9H,7-8,10-11H2,(H2,17,18). The van der Waals surface area contributed by atoms with Gasteiger partial charge in [0.05, 0.1) is 5.56 Å². The fourth-order valence-electron chi connectivity index (χ4n) is 2.64. The molecule has 1 amide bonds. The molecule has 0 radical (unpaired) electrons. The Hall–Kier alpha value is -2.36. The van der Waals surface area contributed by atoms with Crippen molar-refractivity contribution in [1.82, 2.24) is 9.88 Å². The molecule has 20 heavy (non-hydrogen) atoms. The molecule has 1 aromatic carbocycles. The fraction of sp³-hybridized carbons (Fsp3) is 0.250. The molecule has 0 atom stereocenters. The van der Waals surface area contributed by atoms with Crippen LogP contribution in [0.4, 0.5) is 5.82 Å². The molecular weight excluding hydrogens is 250 g/mol. The molecule has 2 heterocycles. The van der Waals surface area contributed by atoms with Gasteiger partial charge in [0.15, 0.2) is 0 Å². The van der Waals surface area contributed by atoms with Crippen molar-refractivity contribution >= 4 is 11.7 Å². The van der Waals surface area contributed by atoms with Crippen LogP contribution in [0.1, 0.15) is 21.5 Å². The summed E-state index contributed by atoms with van der Waals surface area (Å²) in [5.41, 5.74) is 8.96. The van der Waals surface area contributed by atoms with Crippen molar-refractivity contribution in [3.8, 4) is 0 Å². The van der Waals surface area contributed by atoms with Gasteiger partial charge in [-0.15, -0.1) is 0 Å². The lowest BCUT2D eigenvalue weighted by Crippen LogP contribution is -2.33. The van der Waals surface area contributed by atoms with Gasteiger partial charge < -0.3 is 10.6 Å². The van der Waals surface area contributed by atoms with E-state index in [0.29, 0.717) is 11.4 Å². The molecule has 1 aliphatic heterocycles. The monoisotopic (exact) mass is 267 g/mol. The lowest BCUT2D eigenvalue weighted by atomic mass is 10.0. The highest BCUT2D eigenvalue weighted by Crippen LogP contribution is 2.18. The zero-order valence-electron chi connectivity index (χ0n) is 11.2. The highest BCUT2D eigenvalue weighted by molar-refractivity contribution is 5.98. The van der Waals surface area contributed by atoms with Crippen molar-refractivity contribution in [3.05, 3.63) is 59.3 Å². The number of carbonyl (C=O) groups excluding carboxylic acids is 1. The molecule has 0 aliphatic carbocycles. The summed E-state index contributed by atoms with van der Waals surface area (Å²) in [7, 11) is 0. The average molecular weight is 267 g/mol. The number of aromatic nitrogens is 1.